The van der Waals surface area contributed by atoms with E-state index in [2.05, 4.69) is 0 Å². The van der Waals surface area contributed by atoms with Crippen molar-refractivity contribution in [2.75, 3.05) is 13.1 Å². The number of hydrogen-bond acceptors (Lipinski definition) is 3. The molecule has 2 N–H and O–H groups in total. The van der Waals surface area contributed by atoms with Crippen molar-refractivity contribution in [1.29, 1.82) is 0 Å². The molecule has 2 atom stereocenters. The molecule has 2 aliphatic rings. The number of nitrogens with zero attached hydrogens (tertiary/aromatic N) is 1. The van der Waals surface area contributed by atoms with Crippen LogP contribution in [-0.2, 0) is 4.79 Å². The molecule has 1 aromatic carbocycles. The second kappa shape index (κ2) is 7.06. The lowest BCUT2D eigenvalue weighted by molar-refractivity contribution is -0.140. The van der Waals surface area contributed by atoms with Crippen LogP contribution in [0.4, 0.5) is 0 Å². The summed E-state index contributed by atoms with van der Waals surface area (Å²) in [5.74, 6) is 0.383. The summed E-state index contributed by atoms with van der Waals surface area (Å²) in [6.45, 7) is 3.36. The first-order valence-corrected chi connectivity index (χ1v) is 9.16. The van der Waals surface area contributed by atoms with E-state index in [-0.39, 0.29) is 29.1 Å². The van der Waals surface area contributed by atoms with Gasteiger partial charge in [-0.1, -0.05) is 43.2 Å². The van der Waals surface area contributed by atoms with Crippen LogP contribution >= 0.6 is 0 Å². The molecule has 1 aliphatic heterocycles. The monoisotopic (exact) mass is 328 g/mol. The van der Waals surface area contributed by atoms with E-state index in [0.717, 1.165) is 44.1 Å². The van der Waals surface area contributed by atoms with Crippen LogP contribution in [0.15, 0.2) is 30.3 Å². The molecule has 4 nitrogen and oxygen atoms in total. The molecule has 130 valence electrons. The van der Waals surface area contributed by atoms with Crippen molar-refractivity contribution in [3.63, 3.8) is 0 Å². The van der Waals surface area contributed by atoms with Crippen LogP contribution in [0.2, 0.25) is 0 Å². The average Bonchev–Trinajstić information content (AvgIpc) is 2.61. The van der Waals surface area contributed by atoms with Crippen molar-refractivity contribution in [2.24, 2.45) is 17.6 Å². The second-order valence-corrected chi connectivity index (χ2v) is 7.63. The number of carbonyl (C=O) groups excluding carboxylic acids is 2. The quantitative estimate of drug-likeness (QED) is 0.868. The fourth-order valence-electron chi connectivity index (χ4n) is 4.18. The molecule has 0 radical (unpaired) electrons. The Morgan fingerprint density at radius 3 is 2.38 bits per heavy atom. The Labute approximate surface area is 144 Å². The van der Waals surface area contributed by atoms with Crippen LogP contribution in [0.5, 0.6) is 0 Å². The number of nitrogens with two attached hydrogens (primary N) is 1. The first-order chi connectivity index (χ1) is 11.5. The molecule has 2 fully saturated rings. The minimum atomic E-state index is -0.383. The van der Waals surface area contributed by atoms with Gasteiger partial charge in [-0.05, 0) is 32.6 Å². The number of likely N-dealkylation sites (tertiary alicyclic amines) is 1. The SMILES string of the molecule is CC1(N)CCCCC1C(=O)N1CCC(C(=O)c2ccccc2)CC1. The maximum absolute atomic E-state index is 12.9. The molecular formula is C20H28N2O2. The second-order valence-electron chi connectivity index (χ2n) is 7.63. The largest absolute Gasteiger partial charge is 0.342 e. The lowest BCUT2D eigenvalue weighted by atomic mass is 9.73. The van der Waals surface area contributed by atoms with E-state index in [9.17, 15) is 9.59 Å². The van der Waals surface area contributed by atoms with Crippen molar-refractivity contribution >= 4 is 11.7 Å². The van der Waals surface area contributed by atoms with Crippen LogP contribution in [-0.4, -0.2) is 35.2 Å². The molecule has 0 bridgehead atoms. The number of rotatable bonds is 3. The lowest BCUT2D eigenvalue weighted by Gasteiger charge is -2.41. The molecule has 1 amide bonds. The fourth-order valence-corrected chi connectivity index (χ4v) is 4.18. The van der Waals surface area contributed by atoms with E-state index >= 15 is 0 Å². The Kier molecular flexibility index (Phi) is 5.04. The number of Topliss-reactive ketones (excluding diaryl/α,β-unsaturated/α-hetero) is 1. The van der Waals surface area contributed by atoms with Crippen LogP contribution in [0, 0.1) is 11.8 Å². The van der Waals surface area contributed by atoms with Crippen molar-refractivity contribution < 1.29 is 9.59 Å². The number of benzene rings is 1. The van der Waals surface area contributed by atoms with Gasteiger partial charge in [-0.3, -0.25) is 9.59 Å². The summed E-state index contributed by atoms with van der Waals surface area (Å²) in [6, 6.07) is 9.48. The maximum Gasteiger partial charge on any atom is 0.227 e. The van der Waals surface area contributed by atoms with Gasteiger partial charge in [-0.15, -0.1) is 0 Å². The fraction of sp³-hybridized carbons (Fsp3) is 0.600. The number of carbonyl (C=O) groups is 2. The number of hydrogen-bond donors (Lipinski definition) is 1. The van der Waals surface area contributed by atoms with Crippen LogP contribution in [0.1, 0.15) is 55.8 Å². The van der Waals surface area contributed by atoms with E-state index in [1.807, 2.05) is 42.2 Å². The average molecular weight is 328 g/mol. The summed E-state index contributed by atoms with van der Waals surface area (Å²) in [7, 11) is 0. The summed E-state index contributed by atoms with van der Waals surface area (Å²) in [5, 5.41) is 0. The Hall–Kier alpha value is -1.68. The summed E-state index contributed by atoms with van der Waals surface area (Å²) >= 11 is 0. The van der Waals surface area contributed by atoms with Gasteiger partial charge in [-0.2, -0.15) is 0 Å². The highest BCUT2D eigenvalue weighted by Gasteiger charge is 2.40. The zero-order valence-corrected chi connectivity index (χ0v) is 14.5. The molecule has 1 saturated heterocycles. The van der Waals surface area contributed by atoms with E-state index in [4.69, 9.17) is 5.73 Å². The molecule has 2 unspecified atom stereocenters. The van der Waals surface area contributed by atoms with Gasteiger partial charge >= 0.3 is 0 Å². The minimum Gasteiger partial charge on any atom is -0.342 e. The van der Waals surface area contributed by atoms with Gasteiger partial charge in [0.2, 0.25) is 5.91 Å². The molecule has 1 aromatic rings. The van der Waals surface area contributed by atoms with E-state index in [0.29, 0.717) is 13.1 Å². The minimum absolute atomic E-state index is 0.0343. The van der Waals surface area contributed by atoms with Gasteiger partial charge in [-0.25, -0.2) is 0 Å². The predicted molar refractivity (Wildman–Crippen MR) is 94.6 cm³/mol. The van der Waals surface area contributed by atoms with E-state index in [1.165, 1.54) is 0 Å². The normalized spacial score (nSPS) is 28.6. The molecule has 1 saturated carbocycles. The highest BCUT2D eigenvalue weighted by molar-refractivity contribution is 5.98. The molecule has 1 aliphatic carbocycles. The third kappa shape index (κ3) is 3.54. The third-order valence-electron chi connectivity index (χ3n) is 5.79. The van der Waals surface area contributed by atoms with Crippen molar-refractivity contribution in [3.05, 3.63) is 35.9 Å². The Bertz CT molecular complexity index is 589. The number of amides is 1. The Balaban J connectivity index is 1.59. The van der Waals surface area contributed by atoms with Gasteiger partial charge in [0, 0.05) is 30.1 Å². The summed E-state index contributed by atoms with van der Waals surface area (Å²) < 4.78 is 0. The summed E-state index contributed by atoms with van der Waals surface area (Å²) in [5.41, 5.74) is 6.78. The maximum atomic E-state index is 12.9. The van der Waals surface area contributed by atoms with Crippen LogP contribution in [0.25, 0.3) is 0 Å². The molecule has 3 rings (SSSR count). The molecule has 0 spiro atoms. The topological polar surface area (TPSA) is 63.4 Å². The molecule has 4 heteroatoms. The highest BCUT2D eigenvalue weighted by atomic mass is 16.2. The predicted octanol–water partition coefficient (Wildman–Crippen LogP) is 3.02. The zero-order valence-electron chi connectivity index (χ0n) is 14.5. The Morgan fingerprint density at radius 2 is 1.75 bits per heavy atom. The molecule has 0 aromatic heterocycles. The summed E-state index contributed by atoms with van der Waals surface area (Å²) in [6.07, 6.45) is 5.54. The zero-order chi connectivity index (χ0) is 17.2. The van der Waals surface area contributed by atoms with Crippen LogP contribution in [0.3, 0.4) is 0 Å². The van der Waals surface area contributed by atoms with Gasteiger partial charge in [0.15, 0.2) is 5.78 Å². The first kappa shape index (κ1) is 17.2. The Morgan fingerprint density at radius 1 is 1.08 bits per heavy atom. The van der Waals surface area contributed by atoms with Gasteiger partial charge in [0.05, 0.1) is 5.92 Å². The first-order valence-electron chi connectivity index (χ1n) is 9.16. The highest BCUT2D eigenvalue weighted by Crippen LogP contribution is 2.34. The van der Waals surface area contributed by atoms with Gasteiger partial charge in [0.1, 0.15) is 0 Å². The van der Waals surface area contributed by atoms with Crippen LogP contribution < -0.4 is 5.73 Å². The van der Waals surface area contributed by atoms with Crippen molar-refractivity contribution in [2.45, 2.75) is 51.0 Å². The van der Waals surface area contributed by atoms with E-state index < -0.39 is 0 Å². The lowest BCUT2D eigenvalue weighted by Crippen LogP contribution is -2.55. The van der Waals surface area contributed by atoms with Gasteiger partial charge < -0.3 is 10.6 Å². The van der Waals surface area contributed by atoms with Crippen molar-refractivity contribution in [1.82, 2.24) is 4.90 Å². The molecule has 1 heterocycles. The molecule has 24 heavy (non-hydrogen) atoms. The van der Waals surface area contributed by atoms with Crippen molar-refractivity contribution in [3.8, 4) is 0 Å². The third-order valence-corrected chi connectivity index (χ3v) is 5.79. The standard InChI is InChI=1S/C20H28N2O2/c1-20(21)12-6-5-9-17(20)19(24)22-13-10-16(11-14-22)18(23)15-7-3-2-4-8-15/h2-4,7-8,16-17H,5-6,9-14,21H2,1H3. The summed E-state index contributed by atoms with van der Waals surface area (Å²) in [4.78, 5) is 27.4. The van der Waals surface area contributed by atoms with E-state index in [1.54, 1.807) is 0 Å². The van der Waals surface area contributed by atoms with Gasteiger partial charge in [0.25, 0.3) is 0 Å². The number of piperidine rings is 1. The number of ketones is 1. The molecular weight excluding hydrogens is 300 g/mol. The smallest absolute Gasteiger partial charge is 0.227 e.